The maximum Gasteiger partial charge on any atom is 0.260 e. The number of aryl methyl sites for hydroxylation is 2. The van der Waals surface area contributed by atoms with Gasteiger partial charge in [0.1, 0.15) is 0 Å². The Bertz CT molecular complexity index is 717. The predicted octanol–water partition coefficient (Wildman–Crippen LogP) is 4.03. The molecule has 1 N–H and O–H groups in total. The van der Waals surface area contributed by atoms with E-state index in [0.717, 1.165) is 17.8 Å². The minimum Gasteiger partial charge on any atom is -0.380 e. The summed E-state index contributed by atoms with van der Waals surface area (Å²) >= 11 is 1.80. The van der Waals surface area contributed by atoms with Gasteiger partial charge in [0.15, 0.2) is 5.82 Å². The number of anilines is 1. The van der Waals surface area contributed by atoms with Crippen LogP contribution in [-0.4, -0.2) is 10.1 Å². The zero-order valence-electron chi connectivity index (χ0n) is 11.4. The molecule has 0 aliphatic rings. The molecule has 0 spiro atoms. The largest absolute Gasteiger partial charge is 0.380 e. The van der Waals surface area contributed by atoms with E-state index < -0.39 is 0 Å². The van der Waals surface area contributed by atoms with Crippen LogP contribution in [0.15, 0.2) is 40.9 Å². The number of benzene rings is 1. The zero-order chi connectivity index (χ0) is 13.9. The SMILES string of the molecule is Cc1noc(-c2ccccc2NCc2ccc(C)s2)n1. The van der Waals surface area contributed by atoms with Crippen molar-refractivity contribution in [3.8, 4) is 11.5 Å². The lowest BCUT2D eigenvalue weighted by Gasteiger charge is -2.08. The second kappa shape index (κ2) is 5.46. The molecule has 0 aliphatic heterocycles. The van der Waals surface area contributed by atoms with Crippen molar-refractivity contribution < 1.29 is 4.52 Å². The van der Waals surface area contributed by atoms with E-state index in [1.807, 2.05) is 31.2 Å². The van der Waals surface area contributed by atoms with E-state index in [2.05, 4.69) is 34.5 Å². The van der Waals surface area contributed by atoms with Crippen molar-refractivity contribution in [2.75, 3.05) is 5.32 Å². The second-order valence-corrected chi connectivity index (χ2v) is 5.93. The molecule has 0 fully saturated rings. The molecule has 0 radical (unpaired) electrons. The van der Waals surface area contributed by atoms with Crippen molar-refractivity contribution in [2.45, 2.75) is 20.4 Å². The van der Waals surface area contributed by atoms with Crippen LogP contribution in [-0.2, 0) is 6.54 Å². The minimum absolute atomic E-state index is 0.549. The molecule has 0 bridgehead atoms. The van der Waals surface area contributed by atoms with Gasteiger partial charge in [-0.1, -0.05) is 17.3 Å². The molecule has 0 aliphatic carbocycles. The maximum absolute atomic E-state index is 5.25. The molecular weight excluding hydrogens is 270 g/mol. The summed E-state index contributed by atoms with van der Waals surface area (Å²) in [5.74, 6) is 1.19. The van der Waals surface area contributed by atoms with Gasteiger partial charge < -0.3 is 9.84 Å². The van der Waals surface area contributed by atoms with Gasteiger partial charge in [0.05, 0.1) is 5.56 Å². The summed E-state index contributed by atoms with van der Waals surface area (Å²) in [6, 6.07) is 12.2. The van der Waals surface area contributed by atoms with Gasteiger partial charge in [0, 0.05) is 22.0 Å². The van der Waals surface area contributed by atoms with E-state index in [-0.39, 0.29) is 0 Å². The van der Waals surface area contributed by atoms with E-state index in [1.165, 1.54) is 9.75 Å². The van der Waals surface area contributed by atoms with Crippen molar-refractivity contribution in [3.05, 3.63) is 52.0 Å². The molecule has 2 heterocycles. The molecule has 0 atom stereocenters. The van der Waals surface area contributed by atoms with Gasteiger partial charge >= 0.3 is 0 Å². The Morgan fingerprint density at radius 2 is 2.00 bits per heavy atom. The quantitative estimate of drug-likeness (QED) is 0.786. The highest BCUT2D eigenvalue weighted by atomic mass is 32.1. The molecule has 0 saturated heterocycles. The Balaban J connectivity index is 1.83. The van der Waals surface area contributed by atoms with Gasteiger partial charge in [-0.25, -0.2) is 0 Å². The van der Waals surface area contributed by atoms with Crippen molar-refractivity contribution >= 4 is 17.0 Å². The summed E-state index contributed by atoms with van der Waals surface area (Å²) in [6.07, 6.45) is 0. The molecule has 1 aromatic carbocycles. The molecule has 0 amide bonds. The number of rotatable bonds is 4. The first kappa shape index (κ1) is 12.9. The molecule has 20 heavy (non-hydrogen) atoms. The van der Waals surface area contributed by atoms with Crippen LogP contribution in [0, 0.1) is 13.8 Å². The van der Waals surface area contributed by atoms with Gasteiger partial charge in [-0.3, -0.25) is 0 Å². The molecule has 3 rings (SSSR count). The van der Waals surface area contributed by atoms with E-state index in [4.69, 9.17) is 4.52 Å². The van der Waals surface area contributed by atoms with Crippen molar-refractivity contribution in [3.63, 3.8) is 0 Å². The summed E-state index contributed by atoms with van der Waals surface area (Å²) < 4.78 is 5.25. The van der Waals surface area contributed by atoms with Gasteiger partial charge in [-0.2, -0.15) is 4.98 Å². The maximum atomic E-state index is 5.25. The molecule has 2 aromatic heterocycles. The van der Waals surface area contributed by atoms with Crippen molar-refractivity contribution in [2.24, 2.45) is 0 Å². The van der Waals surface area contributed by atoms with Gasteiger partial charge in [-0.15, -0.1) is 11.3 Å². The third-order valence-electron chi connectivity index (χ3n) is 2.93. The lowest BCUT2D eigenvalue weighted by atomic mass is 10.1. The van der Waals surface area contributed by atoms with Crippen LogP contribution >= 0.6 is 11.3 Å². The lowest BCUT2D eigenvalue weighted by Crippen LogP contribution is -1.99. The fourth-order valence-corrected chi connectivity index (χ4v) is 2.82. The molecule has 5 heteroatoms. The summed E-state index contributed by atoms with van der Waals surface area (Å²) in [6.45, 7) is 4.73. The molecule has 0 unspecified atom stereocenters. The third kappa shape index (κ3) is 2.72. The highest BCUT2D eigenvalue weighted by molar-refractivity contribution is 7.11. The monoisotopic (exact) mass is 285 g/mol. The number of hydrogen-bond donors (Lipinski definition) is 1. The molecule has 102 valence electrons. The van der Waals surface area contributed by atoms with Crippen molar-refractivity contribution in [1.29, 1.82) is 0 Å². The Morgan fingerprint density at radius 3 is 2.70 bits per heavy atom. The molecule has 4 nitrogen and oxygen atoms in total. The number of hydrogen-bond acceptors (Lipinski definition) is 5. The number of nitrogens with zero attached hydrogens (tertiary/aromatic N) is 2. The number of thiophene rings is 1. The summed E-state index contributed by atoms with van der Waals surface area (Å²) in [5, 5.41) is 7.28. The van der Waals surface area contributed by atoms with Crippen LogP contribution in [0.5, 0.6) is 0 Å². The van der Waals surface area contributed by atoms with Crippen LogP contribution < -0.4 is 5.32 Å². The number of aromatic nitrogens is 2. The van der Waals surface area contributed by atoms with Gasteiger partial charge in [0.2, 0.25) is 0 Å². The van der Waals surface area contributed by atoms with Crippen LogP contribution in [0.4, 0.5) is 5.69 Å². The summed E-state index contributed by atoms with van der Waals surface area (Å²) in [5.41, 5.74) is 1.93. The van der Waals surface area contributed by atoms with E-state index in [9.17, 15) is 0 Å². The average molecular weight is 285 g/mol. The Labute approximate surface area is 121 Å². The van der Waals surface area contributed by atoms with E-state index in [0.29, 0.717) is 11.7 Å². The lowest BCUT2D eigenvalue weighted by molar-refractivity contribution is 0.426. The van der Waals surface area contributed by atoms with Gasteiger partial charge in [-0.05, 0) is 38.1 Å². The smallest absolute Gasteiger partial charge is 0.260 e. The average Bonchev–Trinajstić information content (AvgIpc) is 3.06. The van der Waals surface area contributed by atoms with E-state index >= 15 is 0 Å². The fourth-order valence-electron chi connectivity index (χ4n) is 1.99. The first-order chi connectivity index (χ1) is 9.72. The number of para-hydroxylation sites is 1. The first-order valence-electron chi connectivity index (χ1n) is 6.41. The fraction of sp³-hybridized carbons (Fsp3) is 0.200. The predicted molar refractivity (Wildman–Crippen MR) is 80.9 cm³/mol. The van der Waals surface area contributed by atoms with Crippen LogP contribution in [0.1, 0.15) is 15.6 Å². The normalized spacial score (nSPS) is 10.7. The molecule has 3 aromatic rings. The van der Waals surface area contributed by atoms with Gasteiger partial charge in [0.25, 0.3) is 5.89 Å². The summed E-state index contributed by atoms with van der Waals surface area (Å²) in [7, 11) is 0. The van der Waals surface area contributed by atoms with E-state index in [1.54, 1.807) is 11.3 Å². The third-order valence-corrected chi connectivity index (χ3v) is 3.93. The standard InChI is InChI=1S/C15H15N3OS/c1-10-7-8-12(20-10)9-16-14-6-4-3-5-13(14)15-17-11(2)18-19-15/h3-8,16H,9H2,1-2H3. The highest BCUT2D eigenvalue weighted by Gasteiger charge is 2.11. The highest BCUT2D eigenvalue weighted by Crippen LogP contribution is 2.27. The van der Waals surface area contributed by atoms with Crippen LogP contribution in [0.3, 0.4) is 0 Å². The first-order valence-corrected chi connectivity index (χ1v) is 7.23. The second-order valence-electron chi connectivity index (χ2n) is 4.56. The van der Waals surface area contributed by atoms with Crippen molar-refractivity contribution in [1.82, 2.24) is 10.1 Å². The minimum atomic E-state index is 0.549. The summed E-state index contributed by atoms with van der Waals surface area (Å²) in [4.78, 5) is 6.91. The topological polar surface area (TPSA) is 51.0 Å². The number of nitrogens with one attached hydrogen (secondary N) is 1. The van der Waals surface area contributed by atoms with Crippen LogP contribution in [0.25, 0.3) is 11.5 Å². The Kier molecular flexibility index (Phi) is 3.52. The molecule has 0 saturated carbocycles. The zero-order valence-corrected chi connectivity index (χ0v) is 12.2. The Hall–Kier alpha value is -2.14. The molecular formula is C15H15N3OS. The Morgan fingerprint density at radius 1 is 1.15 bits per heavy atom. The van der Waals surface area contributed by atoms with Crippen LogP contribution in [0.2, 0.25) is 0 Å².